The predicted molar refractivity (Wildman–Crippen MR) is 103 cm³/mol. The van der Waals surface area contributed by atoms with E-state index in [4.69, 9.17) is 4.74 Å². The van der Waals surface area contributed by atoms with Gasteiger partial charge in [0.2, 0.25) is 5.91 Å². The smallest absolute Gasteiger partial charge is 0.328 e. The third-order valence-electron chi connectivity index (χ3n) is 4.26. The van der Waals surface area contributed by atoms with Crippen molar-refractivity contribution in [3.05, 3.63) is 17.5 Å². The fourth-order valence-electron chi connectivity index (χ4n) is 2.83. The molecule has 0 unspecified atom stereocenters. The van der Waals surface area contributed by atoms with Crippen LogP contribution in [0.5, 0.6) is 0 Å². The number of thiophene rings is 1. The molecule has 2 atom stereocenters. The summed E-state index contributed by atoms with van der Waals surface area (Å²) >= 11 is 2.74. The van der Waals surface area contributed by atoms with Crippen LogP contribution in [0.3, 0.4) is 0 Å². The third kappa shape index (κ3) is 5.21. The van der Waals surface area contributed by atoms with Gasteiger partial charge in [-0.2, -0.15) is 16.1 Å². The lowest BCUT2D eigenvalue weighted by Gasteiger charge is -2.31. The van der Waals surface area contributed by atoms with Crippen molar-refractivity contribution in [1.82, 2.24) is 9.62 Å². The highest BCUT2D eigenvalue weighted by Gasteiger charge is 2.35. The van der Waals surface area contributed by atoms with E-state index in [9.17, 15) is 18.0 Å². The maximum absolute atomic E-state index is 12.7. The van der Waals surface area contributed by atoms with Gasteiger partial charge in [0.05, 0.1) is 13.0 Å². The normalized spacial score (nSPS) is 19.7. The number of esters is 1. The Morgan fingerprint density at radius 3 is 2.88 bits per heavy atom. The van der Waals surface area contributed by atoms with Crippen LogP contribution in [-0.4, -0.2) is 62.8 Å². The summed E-state index contributed by atoms with van der Waals surface area (Å²) < 4.78 is 31.7. The number of rotatable bonds is 8. The SMILES string of the molecule is COC(=O)[C@H](CCSC)NC(=O)[C@@H]1CCCN(S(=O)(=O)c2cccs2)C1. The fraction of sp³-hybridized carbons (Fsp3) is 0.625. The maximum atomic E-state index is 12.7. The number of methoxy groups -OCH3 is 1. The van der Waals surface area contributed by atoms with Crippen molar-refractivity contribution in [1.29, 1.82) is 0 Å². The van der Waals surface area contributed by atoms with Gasteiger partial charge < -0.3 is 10.1 Å². The summed E-state index contributed by atoms with van der Waals surface area (Å²) in [5, 5.41) is 4.45. The van der Waals surface area contributed by atoms with E-state index >= 15 is 0 Å². The van der Waals surface area contributed by atoms with Crippen molar-refractivity contribution in [3.63, 3.8) is 0 Å². The van der Waals surface area contributed by atoms with E-state index in [2.05, 4.69) is 5.32 Å². The van der Waals surface area contributed by atoms with Crippen LogP contribution in [0, 0.1) is 5.92 Å². The summed E-state index contributed by atoms with van der Waals surface area (Å²) in [5.41, 5.74) is 0. The minimum absolute atomic E-state index is 0.127. The third-order valence-corrected chi connectivity index (χ3v) is 8.14. The lowest BCUT2D eigenvalue weighted by Crippen LogP contribution is -2.49. The minimum Gasteiger partial charge on any atom is -0.467 e. The zero-order chi connectivity index (χ0) is 19.2. The monoisotopic (exact) mass is 420 g/mol. The number of carbonyl (C=O) groups is 2. The fourth-order valence-corrected chi connectivity index (χ4v) is 5.97. The van der Waals surface area contributed by atoms with Crippen molar-refractivity contribution in [2.75, 3.05) is 32.2 Å². The van der Waals surface area contributed by atoms with E-state index in [1.807, 2.05) is 6.26 Å². The lowest BCUT2D eigenvalue weighted by atomic mass is 9.98. The Kier molecular flexibility index (Phi) is 7.93. The molecule has 10 heteroatoms. The highest BCUT2D eigenvalue weighted by molar-refractivity contribution is 7.98. The molecule has 0 aromatic carbocycles. The Bertz CT molecular complexity index is 705. The van der Waals surface area contributed by atoms with Gasteiger partial charge in [0, 0.05) is 13.1 Å². The van der Waals surface area contributed by atoms with E-state index < -0.39 is 28.0 Å². The number of carbonyl (C=O) groups excluding carboxylic acids is 2. The van der Waals surface area contributed by atoms with Gasteiger partial charge >= 0.3 is 5.97 Å². The molecule has 0 aliphatic carbocycles. The van der Waals surface area contributed by atoms with Gasteiger partial charge in [0.25, 0.3) is 10.0 Å². The van der Waals surface area contributed by atoms with E-state index in [1.54, 1.807) is 29.3 Å². The zero-order valence-corrected chi connectivity index (χ0v) is 17.3. The molecule has 1 saturated heterocycles. The molecule has 0 bridgehead atoms. The van der Waals surface area contributed by atoms with Gasteiger partial charge in [-0.15, -0.1) is 11.3 Å². The van der Waals surface area contributed by atoms with Gasteiger partial charge in [0.1, 0.15) is 10.3 Å². The second-order valence-electron chi connectivity index (χ2n) is 6.00. The number of hydrogen-bond acceptors (Lipinski definition) is 7. The van der Waals surface area contributed by atoms with Crippen LogP contribution >= 0.6 is 23.1 Å². The highest BCUT2D eigenvalue weighted by atomic mass is 32.2. The molecule has 26 heavy (non-hydrogen) atoms. The van der Waals surface area contributed by atoms with E-state index in [1.165, 1.54) is 22.8 Å². The Balaban J connectivity index is 2.03. The number of ether oxygens (including phenoxy) is 1. The van der Waals surface area contributed by atoms with Gasteiger partial charge in [0.15, 0.2) is 0 Å². The van der Waals surface area contributed by atoms with Crippen molar-refractivity contribution in [3.8, 4) is 0 Å². The molecule has 0 spiro atoms. The molecule has 7 nitrogen and oxygen atoms in total. The summed E-state index contributed by atoms with van der Waals surface area (Å²) in [7, 11) is -2.28. The van der Waals surface area contributed by atoms with Gasteiger partial charge in [-0.3, -0.25) is 4.79 Å². The van der Waals surface area contributed by atoms with Crippen LogP contribution in [0.2, 0.25) is 0 Å². The number of thioether (sulfide) groups is 1. The summed E-state index contributed by atoms with van der Waals surface area (Å²) in [6, 6.07) is 2.56. The summed E-state index contributed by atoms with van der Waals surface area (Å²) in [5.74, 6) is -0.539. The molecule has 1 aromatic heterocycles. The molecule has 1 fully saturated rings. The number of nitrogens with one attached hydrogen (secondary N) is 1. The number of sulfonamides is 1. The quantitative estimate of drug-likeness (QED) is 0.642. The average Bonchev–Trinajstić information content (AvgIpc) is 3.20. The summed E-state index contributed by atoms with van der Waals surface area (Å²) in [6.45, 7) is 0.527. The molecule has 0 radical (unpaired) electrons. The maximum Gasteiger partial charge on any atom is 0.328 e. The molecule has 2 rings (SSSR count). The number of hydrogen-bond donors (Lipinski definition) is 1. The van der Waals surface area contributed by atoms with Crippen LogP contribution < -0.4 is 5.32 Å². The van der Waals surface area contributed by atoms with E-state index in [0.29, 0.717) is 31.6 Å². The zero-order valence-electron chi connectivity index (χ0n) is 14.8. The molecule has 1 amide bonds. The van der Waals surface area contributed by atoms with Crippen LogP contribution in [0.1, 0.15) is 19.3 Å². The van der Waals surface area contributed by atoms with Crippen molar-refractivity contribution in [2.24, 2.45) is 5.92 Å². The molecule has 1 N–H and O–H groups in total. The molecular weight excluding hydrogens is 396 g/mol. The summed E-state index contributed by atoms with van der Waals surface area (Å²) in [4.78, 5) is 24.5. The van der Waals surface area contributed by atoms with Crippen molar-refractivity contribution < 1.29 is 22.7 Å². The first-order chi connectivity index (χ1) is 12.4. The van der Waals surface area contributed by atoms with Gasteiger partial charge in [-0.05, 0) is 42.7 Å². The highest BCUT2D eigenvalue weighted by Crippen LogP contribution is 2.26. The molecule has 1 aromatic rings. The molecule has 0 saturated carbocycles. The van der Waals surface area contributed by atoms with Crippen molar-refractivity contribution in [2.45, 2.75) is 29.5 Å². The summed E-state index contributed by atoms with van der Waals surface area (Å²) in [6.07, 6.45) is 3.60. The van der Waals surface area contributed by atoms with Crippen LogP contribution in [0.4, 0.5) is 0 Å². The second kappa shape index (κ2) is 9.72. The average molecular weight is 421 g/mol. The Morgan fingerprint density at radius 1 is 1.50 bits per heavy atom. The second-order valence-corrected chi connectivity index (χ2v) is 10.1. The van der Waals surface area contributed by atoms with Crippen LogP contribution in [0.15, 0.2) is 21.7 Å². The standard InChI is InChI=1S/C16H24N2O5S3/c1-23-16(20)13(7-10-24-2)17-15(19)12-5-3-8-18(11-12)26(21,22)14-6-4-9-25-14/h4,6,9,12-13H,3,5,7-8,10-11H2,1-2H3,(H,17,19)/t12-,13+/m1/s1. The minimum atomic E-state index is -3.57. The van der Waals surface area contributed by atoms with Gasteiger partial charge in [-0.25, -0.2) is 13.2 Å². The topological polar surface area (TPSA) is 92.8 Å². The van der Waals surface area contributed by atoms with E-state index in [-0.39, 0.29) is 16.7 Å². The molecule has 1 aliphatic heterocycles. The van der Waals surface area contributed by atoms with Crippen LogP contribution in [-0.2, 0) is 24.3 Å². The number of amides is 1. The predicted octanol–water partition coefficient (Wildman–Crippen LogP) is 1.56. The lowest BCUT2D eigenvalue weighted by molar-refractivity contribution is -0.145. The Hall–Kier alpha value is -1.10. The Morgan fingerprint density at radius 2 is 2.27 bits per heavy atom. The molecule has 2 heterocycles. The van der Waals surface area contributed by atoms with Gasteiger partial charge in [-0.1, -0.05) is 6.07 Å². The first-order valence-electron chi connectivity index (χ1n) is 8.31. The number of piperidine rings is 1. The Labute approximate surface area is 162 Å². The van der Waals surface area contributed by atoms with E-state index in [0.717, 1.165) is 0 Å². The molecule has 146 valence electrons. The number of nitrogens with zero attached hydrogens (tertiary/aromatic N) is 1. The van der Waals surface area contributed by atoms with Crippen molar-refractivity contribution >= 4 is 45.0 Å². The largest absolute Gasteiger partial charge is 0.467 e. The van der Waals surface area contributed by atoms with Crippen LogP contribution in [0.25, 0.3) is 0 Å². The first-order valence-corrected chi connectivity index (χ1v) is 12.0. The molecular formula is C16H24N2O5S3. The first kappa shape index (κ1) is 21.2. The molecule has 1 aliphatic rings.